The van der Waals surface area contributed by atoms with Crippen LogP contribution in [-0.4, -0.2) is 36.6 Å². The van der Waals surface area contributed by atoms with Gasteiger partial charge in [-0.3, -0.25) is 4.79 Å². The minimum Gasteiger partial charge on any atom is -0.480 e. The first-order chi connectivity index (χ1) is 7.75. The van der Waals surface area contributed by atoms with Gasteiger partial charge in [0.25, 0.3) is 0 Å². The van der Waals surface area contributed by atoms with E-state index >= 15 is 0 Å². The van der Waals surface area contributed by atoms with E-state index in [1.54, 1.807) is 0 Å². The first kappa shape index (κ1) is 14.0. The largest absolute Gasteiger partial charge is 0.480 e. The maximum atomic E-state index is 10.9. The van der Waals surface area contributed by atoms with Crippen molar-refractivity contribution >= 4 is 17.7 Å². The third-order valence-corrected chi connectivity index (χ3v) is 4.17. The summed E-state index contributed by atoms with van der Waals surface area (Å²) in [6.45, 7) is 5.51. The van der Waals surface area contributed by atoms with Crippen LogP contribution in [0.1, 0.15) is 25.5 Å². The summed E-state index contributed by atoms with van der Waals surface area (Å²) < 4.78 is 1.33. The number of nitrogens with two attached hydrogens (primary N) is 1. The summed E-state index contributed by atoms with van der Waals surface area (Å²) in [5.41, 5.74) is 5.64. The molecule has 0 saturated heterocycles. The second kappa shape index (κ2) is 5.05. The normalized spacial score (nSPS) is 13.7. The lowest BCUT2D eigenvalue weighted by Gasteiger charge is -2.27. The van der Waals surface area contributed by atoms with Gasteiger partial charge in [0, 0.05) is 11.8 Å². The molecule has 0 fully saturated rings. The lowest BCUT2D eigenvalue weighted by Crippen LogP contribution is -2.46. The topological polar surface area (TPSA) is 94.0 Å². The molecule has 0 unspecified atom stereocenters. The van der Waals surface area contributed by atoms with E-state index in [4.69, 9.17) is 10.8 Å². The monoisotopic (exact) mass is 258 g/mol. The highest BCUT2D eigenvalue weighted by atomic mass is 32.2. The van der Waals surface area contributed by atoms with Gasteiger partial charge in [0.15, 0.2) is 0 Å². The summed E-state index contributed by atoms with van der Waals surface area (Å²) in [7, 11) is 1.88. The number of hydrogen-bond donors (Lipinski definition) is 2. The number of hydrogen-bond acceptors (Lipinski definition) is 5. The Kier molecular flexibility index (Phi) is 4.16. The van der Waals surface area contributed by atoms with Crippen LogP contribution >= 0.6 is 11.8 Å². The number of aryl methyl sites for hydroxylation is 1. The molecule has 1 atom stereocenters. The molecule has 6 nitrogen and oxygen atoms in total. The van der Waals surface area contributed by atoms with E-state index < -0.39 is 16.8 Å². The second-order valence-corrected chi connectivity index (χ2v) is 6.06. The van der Waals surface area contributed by atoms with E-state index in [1.807, 2.05) is 32.4 Å². The van der Waals surface area contributed by atoms with Crippen LogP contribution in [0.4, 0.5) is 0 Å². The predicted molar refractivity (Wildman–Crippen MR) is 66.7 cm³/mol. The van der Waals surface area contributed by atoms with Crippen LogP contribution in [-0.2, 0) is 17.6 Å². The van der Waals surface area contributed by atoms with E-state index in [-0.39, 0.29) is 0 Å². The molecule has 1 aromatic rings. The van der Waals surface area contributed by atoms with Crippen molar-refractivity contribution in [1.29, 1.82) is 0 Å². The molecule has 1 aromatic heterocycles. The van der Waals surface area contributed by atoms with Crippen molar-refractivity contribution in [2.45, 2.75) is 37.3 Å². The van der Waals surface area contributed by atoms with Gasteiger partial charge in [0.1, 0.15) is 17.7 Å². The van der Waals surface area contributed by atoms with Gasteiger partial charge in [0.2, 0.25) is 0 Å². The summed E-state index contributed by atoms with van der Waals surface area (Å²) in [5, 5.41) is 16.9. The van der Waals surface area contributed by atoms with Crippen molar-refractivity contribution in [3.05, 3.63) is 11.6 Å². The average Bonchev–Trinajstić information content (AvgIpc) is 2.56. The minimum atomic E-state index is -0.989. The van der Waals surface area contributed by atoms with Crippen LogP contribution in [0.25, 0.3) is 0 Å². The van der Waals surface area contributed by atoms with Gasteiger partial charge in [0.05, 0.1) is 5.75 Å². The number of thioether (sulfide) groups is 1. The number of rotatable bonds is 5. The van der Waals surface area contributed by atoms with E-state index in [1.165, 1.54) is 11.8 Å². The van der Waals surface area contributed by atoms with Crippen molar-refractivity contribution in [1.82, 2.24) is 14.8 Å². The summed E-state index contributed by atoms with van der Waals surface area (Å²) in [4.78, 5) is 10.9. The van der Waals surface area contributed by atoms with Crippen LogP contribution < -0.4 is 5.73 Å². The first-order valence-corrected chi connectivity index (χ1v) is 6.21. The van der Waals surface area contributed by atoms with Crippen LogP contribution in [0.3, 0.4) is 0 Å². The van der Waals surface area contributed by atoms with Gasteiger partial charge in [-0.15, -0.1) is 22.0 Å². The fourth-order valence-electron chi connectivity index (χ4n) is 1.21. The zero-order chi connectivity index (χ0) is 13.2. The fraction of sp³-hybridized carbons (Fsp3) is 0.700. The van der Waals surface area contributed by atoms with Gasteiger partial charge in [-0.05, 0) is 20.8 Å². The highest BCUT2D eigenvalue weighted by molar-refractivity contribution is 7.99. The number of aromatic nitrogens is 3. The minimum absolute atomic E-state index is 0.550. The number of nitrogens with zero attached hydrogens (tertiary/aromatic N) is 3. The summed E-state index contributed by atoms with van der Waals surface area (Å²) in [6.07, 6.45) is 0. The lowest BCUT2D eigenvalue weighted by molar-refractivity contribution is -0.139. The van der Waals surface area contributed by atoms with Crippen molar-refractivity contribution in [2.24, 2.45) is 12.8 Å². The summed E-state index contributed by atoms with van der Waals surface area (Å²) in [5.74, 6) is 1.25. The quantitative estimate of drug-likeness (QED) is 0.801. The van der Waals surface area contributed by atoms with E-state index in [0.717, 1.165) is 11.6 Å². The molecule has 3 N–H and O–H groups in total. The number of carboxylic acids is 1. The molecule has 0 amide bonds. The summed E-state index contributed by atoms with van der Waals surface area (Å²) in [6, 6.07) is -0.901. The Morgan fingerprint density at radius 3 is 2.59 bits per heavy atom. The Bertz CT molecular complexity index is 416. The van der Waals surface area contributed by atoms with E-state index in [2.05, 4.69) is 10.2 Å². The number of carbonyl (C=O) groups is 1. The van der Waals surface area contributed by atoms with Crippen molar-refractivity contribution in [3.8, 4) is 0 Å². The molecular formula is C10H18N4O2S. The SMILES string of the molecule is Cc1nnc(CSC(C)(C)[C@H](N)C(=O)O)n1C. The average molecular weight is 258 g/mol. The van der Waals surface area contributed by atoms with Crippen LogP contribution in [0.2, 0.25) is 0 Å². The Labute approximate surface area is 105 Å². The predicted octanol–water partition coefficient (Wildman–Crippen LogP) is 0.547. The maximum Gasteiger partial charge on any atom is 0.321 e. The van der Waals surface area contributed by atoms with Crippen molar-refractivity contribution < 1.29 is 9.90 Å². The fourth-order valence-corrected chi connectivity index (χ4v) is 2.25. The lowest BCUT2D eigenvalue weighted by atomic mass is 10.1. The molecule has 96 valence electrons. The summed E-state index contributed by atoms with van der Waals surface area (Å²) >= 11 is 1.47. The molecule has 0 saturated carbocycles. The van der Waals surface area contributed by atoms with Gasteiger partial charge in [-0.2, -0.15) is 0 Å². The third-order valence-electron chi connectivity index (χ3n) is 2.77. The molecule has 0 aliphatic heterocycles. The first-order valence-electron chi connectivity index (χ1n) is 5.23. The molecule has 7 heteroatoms. The van der Waals surface area contributed by atoms with Gasteiger partial charge in [-0.1, -0.05) is 0 Å². The van der Waals surface area contributed by atoms with Crippen molar-refractivity contribution in [3.63, 3.8) is 0 Å². The highest BCUT2D eigenvalue weighted by Gasteiger charge is 2.32. The highest BCUT2D eigenvalue weighted by Crippen LogP contribution is 2.30. The standard InChI is InChI=1S/C10H18N4O2S/c1-6-12-13-7(14(6)4)5-17-10(2,3)8(11)9(15)16/h8H,5,11H2,1-4H3,(H,15,16)/t8-/m1/s1. The molecule has 0 bridgehead atoms. The van der Waals surface area contributed by atoms with E-state index in [0.29, 0.717) is 5.75 Å². The van der Waals surface area contributed by atoms with Crippen LogP contribution in [0, 0.1) is 6.92 Å². The van der Waals surface area contributed by atoms with Crippen LogP contribution in [0.15, 0.2) is 0 Å². The molecule has 0 radical (unpaired) electrons. The van der Waals surface area contributed by atoms with Gasteiger partial charge >= 0.3 is 5.97 Å². The molecule has 1 heterocycles. The Hall–Kier alpha value is -1.08. The molecular weight excluding hydrogens is 240 g/mol. The van der Waals surface area contributed by atoms with E-state index in [9.17, 15) is 4.79 Å². The number of aliphatic carboxylic acids is 1. The van der Waals surface area contributed by atoms with Crippen LogP contribution in [0.5, 0.6) is 0 Å². The molecule has 0 spiro atoms. The van der Waals surface area contributed by atoms with Gasteiger partial charge < -0.3 is 15.4 Å². The third kappa shape index (κ3) is 3.19. The molecule has 17 heavy (non-hydrogen) atoms. The Morgan fingerprint density at radius 1 is 1.59 bits per heavy atom. The Morgan fingerprint density at radius 2 is 2.18 bits per heavy atom. The number of carboxylic acid groups (broad SMARTS) is 1. The zero-order valence-corrected chi connectivity index (χ0v) is 11.3. The molecule has 1 rings (SSSR count). The maximum absolute atomic E-state index is 10.9. The molecule has 0 aliphatic carbocycles. The van der Waals surface area contributed by atoms with Gasteiger partial charge in [-0.25, -0.2) is 0 Å². The molecule has 0 aromatic carbocycles. The Balaban J connectivity index is 2.67. The smallest absolute Gasteiger partial charge is 0.321 e. The van der Waals surface area contributed by atoms with Crippen molar-refractivity contribution in [2.75, 3.05) is 0 Å². The zero-order valence-electron chi connectivity index (χ0n) is 10.5. The molecule has 0 aliphatic rings. The second-order valence-electron chi connectivity index (χ2n) is 4.43.